The second kappa shape index (κ2) is 74.2. The molecular formula is C76H140O10. The average molecular weight is 1210 g/mol. The van der Waals surface area contributed by atoms with Crippen LogP contribution >= 0.6 is 0 Å². The van der Waals surface area contributed by atoms with Crippen LogP contribution in [0.2, 0.25) is 0 Å². The minimum atomic E-state index is -0.779. The molecule has 0 bridgehead atoms. The van der Waals surface area contributed by atoms with Crippen molar-refractivity contribution < 1.29 is 48.3 Å². The first-order valence-corrected chi connectivity index (χ1v) is 36.8. The molecule has 0 rings (SSSR count). The minimum absolute atomic E-state index is 0.0647. The van der Waals surface area contributed by atoms with Crippen molar-refractivity contribution in [3.63, 3.8) is 0 Å². The quantitative estimate of drug-likeness (QED) is 0.0261. The lowest BCUT2D eigenvalue weighted by Gasteiger charge is -2.15. The Morgan fingerprint density at radius 3 is 0.721 bits per heavy atom. The van der Waals surface area contributed by atoms with Gasteiger partial charge in [-0.1, -0.05) is 288 Å². The molecule has 10 nitrogen and oxygen atoms in total. The molecule has 0 fully saturated rings. The fraction of sp³-hybridized carbons (Fsp3) is 0.842. The lowest BCUT2D eigenvalue weighted by atomic mass is 10.0. The Morgan fingerprint density at radius 1 is 0.267 bits per heavy atom. The van der Waals surface area contributed by atoms with Crippen LogP contribution in [0.4, 0.5) is 0 Å². The Balaban J connectivity index is 0. The molecule has 0 spiro atoms. The van der Waals surface area contributed by atoms with Crippen LogP contribution in [-0.4, -0.2) is 72.7 Å². The number of ether oxygens (including phenoxy) is 4. The van der Waals surface area contributed by atoms with E-state index in [2.05, 4.69) is 76.3 Å². The second-order valence-electron chi connectivity index (χ2n) is 24.6. The Bertz CT molecular complexity index is 1540. The molecular weight excluding hydrogens is 1070 g/mol. The highest BCUT2D eigenvalue weighted by Gasteiger charge is 2.17. The Hall–Kier alpha value is -3.24. The molecule has 10 heteroatoms. The van der Waals surface area contributed by atoms with Gasteiger partial charge in [0.1, 0.15) is 13.2 Å². The van der Waals surface area contributed by atoms with Crippen LogP contribution < -0.4 is 0 Å². The number of unbranched alkanes of at least 4 members (excludes halogenated alkanes) is 42. The van der Waals surface area contributed by atoms with Gasteiger partial charge in [-0.05, 0) is 109 Å². The van der Waals surface area contributed by atoms with Gasteiger partial charge in [-0.2, -0.15) is 0 Å². The van der Waals surface area contributed by atoms with Crippen molar-refractivity contribution >= 4 is 23.9 Å². The van der Waals surface area contributed by atoms with E-state index in [4.69, 9.17) is 18.9 Å². The lowest BCUT2D eigenvalue weighted by Crippen LogP contribution is -2.28. The van der Waals surface area contributed by atoms with Gasteiger partial charge in [0.15, 0.2) is 12.2 Å². The molecule has 0 amide bonds. The normalized spacial score (nSPS) is 12.3. The van der Waals surface area contributed by atoms with Crippen molar-refractivity contribution in [2.24, 2.45) is 0 Å². The molecule has 0 aliphatic rings. The SMILES string of the molecule is CCCCC/C=C\C/C=C\CCCCCCCC(=O)OC(CO)COC(=O)CCCCCCC/C=C\CCCCCCCC.CCCCCCCC/C=C\CCCCCCCC(=O)OCC(CO)OC(=O)CCCCCCCCCCCCCCC. The number of aliphatic hydroxyl groups excluding tert-OH is 2. The first kappa shape index (κ1) is 84.8. The van der Waals surface area contributed by atoms with Crippen LogP contribution in [0.5, 0.6) is 0 Å². The molecule has 86 heavy (non-hydrogen) atoms. The van der Waals surface area contributed by atoms with Crippen molar-refractivity contribution in [3.05, 3.63) is 48.6 Å². The monoisotopic (exact) mass is 1210 g/mol. The second-order valence-corrected chi connectivity index (χ2v) is 24.6. The fourth-order valence-corrected chi connectivity index (χ4v) is 10.3. The lowest BCUT2D eigenvalue weighted by molar-refractivity contribution is -0.161. The van der Waals surface area contributed by atoms with Crippen LogP contribution in [0, 0.1) is 0 Å². The summed E-state index contributed by atoms with van der Waals surface area (Å²) in [7, 11) is 0. The summed E-state index contributed by atoms with van der Waals surface area (Å²) in [6.45, 7) is 8.20. The van der Waals surface area contributed by atoms with E-state index in [9.17, 15) is 29.4 Å². The molecule has 2 atom stereocenters. The summed E-state index contributed by atoms with van der Waals surface area (Å²) in [6, 6.07) is 0. The molecule has 0 saturated heterocycles. The topological polar surface area (TPSA) is 146 Å². The molecule has 0 aromatic rings. The summed E-state index contributed by atoms with van der Waals surface area (Å²) in [5.74, 6) is -1.21. The van der Waals surface area contributed by atoms with E-state index in [1.54, 1.807) is 0 Å². The van der Waals surface area contributed by atoms with Gasteiger partial charge in [0.2, 0.25) is 0 Å². The van der Waals surface area contributed by atoms with Crippen LogP contribution in [0.25, 0.3) is 0 Å². The highest BCUT2D eigenvalue weighted by molar-refractivity contribution is 5.71. The number of esters is 4. The van der Waals surface area contributed by atoms with E-state index in [1.165, 1.54) is 212 Å². The zero-order chi connectivity index (χ0) is 63.0. The number of hydrogen-bond acceptors (Lipinski definition) is 10. The molecule has 504 valence electrons. The van der Waals surface area contributed by atoms with Crippen molar-refractivity contribution in [3.8, 4) is 0 Å². The minimum Gasteiger partial charge on any atom is -0.462 e. The highest BCUT2D eigenvalue weighted by Crippen LogP contribution is 2.17. The molecule has 0 aliphatic carbocycles. The smallest absolute Gasteiger partial charge is 0.306 e. The number of rotatable bonds is 66. The van der Waals surface area contributed by atoms with Gasteiger partial charge in [0.05, 0.1) is 13.2 Å². The molecule has 0 saturated carbocycles. The van der Waals surface area contributed by atoms with E-state index in [1.807, 2.05) is 0 Å². The molecule has 0 radical (unpaired) electrons. The van der Waals surface area contributed by atoms with E-state index >= 15 is 0 Å². The summed E-state index contributed by atoms with van der Waals surface area (Å²) in [5.41, 5.74) is 0. The van der Waals surface area contributed by atoms with Crippen molar-refractivity contribution in [1.82, 2.24) is 0 Å². The third-order valence-corrected chi connectivity index (χ3v) is 16.0. The summed E-state index contributed by atoms with van der Waals surface area (Å²) in [4.78, 5) is 48.3. The largest absolute Gasteiger partial charge is 0.462 e. The third kappa shape index (κ3) is 71.5. The molecule has 0 heterocycles. The summed E-state index contributed by atoms with van der Waals surface area (Å²) in [5, 5.41) is 19.0. The van der Waals surface area contributed by atoms with Gasteiger partial charge in [0, 0.05) is 25.7 Å². The van der Waals surface area contributed by atoms with Crippen molar-refractivity contribution in [1.29, 1.82) is 0 Å². The molecule has 0 aromatic carbocycles. The van der Waals surface area contributed by atoms with Gasteiger partial charge in [-0.15, -0.1) is 0 Å². The Morgan fingerprint density at radius 2 is 0.465 bits per heavy atom. The van der Waals surface area contributed by atoms with Crippen LogP contribution in [-0.2, 0) is 38.1 Å². The number of carbonyl (C=O) groups excluding carboxylic acids is 4. The zero-order valence-electron chi connectivity index (χ0n) is 56.9. The molecule has 2 N–H and O–H groups in total. The number of aliphatic hydroxyl groups is 2. The van der Waals surface area contributed by atoms with Gasteiger partial charge in [-0.25, -0.2) is 0 Å². The van der Waals surface area contributed by atoms with Gasteiger partial charge in [-0.3, -0.25) is 19.2 Å². The first-order chi connectivity index (χ1) is 42.3. The highest BCUT2D eigenvalue weighted by atomic mass is 16.6. The van der Waals surface area contributed by atoms with E-state index in [0.29, 0.717) is 25.7 Å². The summed E-state index contributed by atoms with van der Waals surface area (Å²) >= 11 is 0. The maximum atomic E-state index is 12.1. The predicted octanol–water partition coefficient (Wildman–Crippen LogP) is 22.2. The third-order valence-electron chi connectivity index (χ3n) is 16.0. The van der Waals surface area contributed by atoms with Crippen LogP contribution in [0.1, 0.15) is 374 Å². The van der Waals surface area contributed by atoms with Crippen molar-refractivity contribution in [2.45, 2.75) is 387 Å². The van der Waals surface area contributed by atoms with Gasteiger partial charge < -0.3 is 29.2 Å². The summed E-state index contributed by atoms with van der Waals surface area (Å²) in [6.07, 6.45) is 78.8. The van der Waals surface area contributed by atoms with Crippen molar-refractivity contribution in [2.75, 3.05) is 26.4 Å². The first-order valence-electron chi connectivity index (χ1n) is 36.8. The fourth-order valence-electron chi connectivity index (χ4n) is 10.3. The maximum absolute atomic E-state index is 12.1. The standard InChI is InChI=1S/C39H70O5.C37H70O5/c1-3-5-7-9-11-13-15-17-19-21-23-25-27-29-31-33-38(41)43-36-37(35-40)44-39(42)34-32-30-28-26-24-22-20-18-16-14-12-10-8-6-4-2;1-3-5-7-9-11-13-15-17-18-20-21-23-25-27-29-31-36(39)41-34-35(33-38)42-37(40)32-30-28-26-24-22-19-16-14-12-10-8-6-4-2/h12,14,17-20,37,40H,3-11,13,15-16,21-36H2,1-2H3;17-18,35,38H,3-16,19-34H2,1-2H3/b14-12-,19-17-,20-18-;18-17-. The number of allylic oxidation sites excluding steroid dienone is 8. The maximum Gasteiger partial charge on any atom is 0.306 e. The average Bonchev–Trinajstić information content (AvgIpc) is 3.54. The van der Waals surface area contributed by atoms with E-state index in [0.717, 1.165) is 109 Å². The van der Waals surface area contributed by atoms with Gasteiger partial charge in [0.25, 0.3) is 0 Å². The predicted molar refractivity (Wildman–Crippen MR) is 364 cm³/mol. The molecule has 2 unspecified atom stereocenters. The zero-order valence-corrected chi connectivity index (χ0v) is 56.9. The Labute approximate surface area is 531 Å². The number of hydrogen-bond donors (Lipinski definition) is 2. The number of carbonyl (C=O) groups is 4. The molecule has 0 aromatic heterocycles. The summed E-state index contributed by atoms with van der Waals surface area (Å²) < 4.78 is 21.1. The van der Waals surface area contributed by atoms with E-state index in [-0.39, 0.29) is 50.3 Å². The van der Waals surface area contributed by atoms with Crippen LogP contribution in [0.15, 0.2) is 48.6 Å². The van der Waals surface area contributed by atoms with Gasteiger partial charge >= 0.3 is 23.9 Å². The van der Waals surface area contributed by atoms with Crippen LogP contribution in [0.3, 0.4) is 0 Å². The Kier molecular flexibility index (Phi) is 73.2. The van der Waals surface area contributed by atoms with E-state index < -0.39 is 12.2 Å². The molecule has 0 aliphatic heterocycles.